The second-order valence-corrected chi connectivity index (χ2v) is 8.76. The van der Waals surface area contributed by atoms with Crippen molar-refractivity contribution in [2.75, 3.05) is 20.1 Å². The highest BCUT2D eigenvalue weighted by atomic mass is 32.1. The molecule has 0 aromatic carbocycles. The van der Waals surface area contributed by atoms with Crippen molar-refractivity contribution >= 4 is 34.1 Å². The van der Waals surface area contributed by atoms with Crippen LogP contribution in [0.2, 0.25) is 0 Å². The van der Waals surface area contributed by atoms with Crippen molar-refractivity contribution in [3.63, 3.8) is 0 Å². The van der Waals surface area contributed by atoms with E-state index in [1.165, 1.54) is 0 Å². The molecular formula is C22H25N5O2S. The molecule has 0 unspecified atom stereocenters. The van der Waals surface area contributed by atoms with E-state index in [0.29, 0.717) is 25.3 Å². The number of fused-ring (bicyclic) bond motifs is 1. The normalized spacial score (nSPS) is 19.9. The first-order chi connectivity index (χ1) is 14.6. The minimum atomic E-state index is -0.187. The zero-order valence-corrected chi connectivity index (χ0v) is 17.7. The molecule has 3 aromatic heterocycles. The van der Waals surface area contributed by atoms with Gasteiger partial charge in [0.2, 0.25) is 5.91 Å². The monoisotopic (exact) mass is 423 g/mol. The Morgan fingerprint density at radius 2 is 2.10 bits per heavy atom. The summed E-state index contributed by atoms with van der Waals surface area (Å²) in [5.41, 5.74) is 1.14. The summed E-state index contributed by atoms with van der Waals surface area (Å²) in [4.78, 5) is 37.2. The van der Waals surface area contributed by atoms with Gasteiger partial charge >= 0.3 is 0 Å². The molecule has 0 aliphatic carbocycles. The van der Waals surface area contributed by atoms with E-state index in [1.807, 2.05) is 30.6 Å². The molecule has 8 heteroatoms. The van der Waals surface area contributed by atoms with Gasteiger partial charge in [0, 0.05) is 41.8 Å². The fourth-order valence-electron chi connectivity index (χ4n) is 3.83. The summed E-state index contributed by atoms with van der Waals surface area (Å²) in [6.07, 6.45) is 4.89. The van der Waals surface area contributed by atoms with E-state index in [9.17, 15) is 9.59 Å². The molecule has 3 aromatic rings. The van der Waals surface area contributed by atoms with Gasteiger partial charge in [0.1, 0.15) is 5.69 Å². The first kappa shape index (κ1) is 20.4. The van der Waals surface area contributed by atoms with Crippen LogP contribution in [0.15, 0.2) is 48.1 Å². The number of carbonyl (C=O) groups is 2. The van der Waals surface area contributed by atoms with Gasteiger partial charge in [-0.1, -0.05) is 6.07 Å². The van der Waals surface area contributed by atoms with E-state index in [0.717, 1.165) is 28.6 Å². The average Bonchev–Trinajstić information content (AvgIpc) is 3.21. The highest BCUT2D eigenvalue weighted by Gasteiger charge is 2.27. The van der Waals surface area contributed by atoms with Gasteiger partial charge in [-0.3, -0.25) is 14.6 Å². The molecule has 30 heavy (non-hydrogen) atoms. The average molecular weight is 424 g/mol. The van der Waals surface area contributed by atoms with Crippen molar-refractivity contribution in [1.82, 2.24) is 25.5 Å². The van der Waals surface area contributed by atoms with E-state index in [1.54, 1.807) is 35.9 Å². The maximum atomic E-state index is 12.7. The van der Waals surface area contributed by atoms with Crippen molar-refractivity contribution in [3.05, 3.63) is 58.7 Å². The van der Waals surface area contributed by atoms with Crippen LogP contribution in [0.5, 0.6) is 0 Å². The van der Waals surface area contributed by atoms with E-state index >= 15 is 0 Å². The van der Waals surface area contributed by atoms with Gasteiger partial charge in [-0.25, -0.2) is 4.98 Å². The maximum absolute atomic E-state index is 12.7. The number of likely N-dealkylation sites (tertiary alicyclic amines) is 1. The van der Waals surface area contributed by atoms with Crippen LogP contribution in [-0.4, -0.2) is 52.9 Å². The number of carbonyl (C=O) groups excluding carboxylic acids is 2. The summed E-state index contributed by atoms with van der Waals surface area (Å²) >= 11 is 1.64. The quantitative estimate of drug-likeness (QED) is 0.658. The summed E-state index contributed by atoms with van der Waals surface area (Å²) < 4.78 is 0. The van der Waals surface area contributed by atoms with Crippen molar-refractivity contribution in [2.45, 2.75) is 25.4 Å². The van der Waals surface area contributed by atoms with Crippen LogP contribution in [-0.2, 0) is 11.3 Å². The molecule has 1 aliphatic rings. The summed E-state index contributed by atoms with van der Waals surface area (Å²) in [5, 5.41) is 9.05. The molecule has 0 bridgehead atoms. The summed E-state index contributed by atoms with van der Waals surface area (Å²) in [7, 11) is 1.99. The van der Waals surface area contributed by atoms with Crippen LogP contribution >= 0.6 is 11.3 Å². The van der Waals surface area contributed by atoms with Gasteiger partial charge in [-0.15, -0.1) is 11.3 Å². The SMILES string of the molecule is CN1C[C@@H](NC(=O)c2ccc3cnccc3n2)CC[C@@H](C(=O)NCc2cccs2)C1. The lowest BCUT2D eigenvalue weighted by Gasteiger charge is -2.21. The maximum Gasteiger partial charge on any atom is 0.270 e. The Bertz CT molecular complexity index is 1020. The number of thiophene rings is 1. The fraction of sp³-hybridized carbons (Fsp3) is 0.364. The third kappa shape index (κ3) is 5.01. The molecule has 156 valence electrons. The number of hydrogen-bond donors (Lipinski definition) is 2. The first-order valence-corrected chi connectivity index (χ1v) is 11.0. The van der Waals surface area contributed by atoms with Crippen LogP contribution in [0.25, 0.3) is 10.9 Å². The molecule has 7 nitrogen and oxygen atoms in total. The molecule has 0 saturated carbocycles. The largest absolute Gasteiger partial charge is 0.351 e. The summed E-state index contributed by atoms with van der Waals surface area (Å²) in [6.45, 7) is 1.96. The molecule has 1 saturated heterocycles. The van der Waals surface area contributed by atoms with Crippen LogP contribution in [0.4, 0.5) is 0 Å². The van der Waals surface area contributed by atoms with Crippen LogP contribution in [0, 0.1) is 5.92 Å². The van der Waals surface area contributed by atoms with Gasteiger partial charge < -0.3 is 15.5 Å². The third-order valence-corrected chi connectivity index (χ3v) is 6.25. The Hall–Kier alpha value is -2.84. The standard InChI is InChI=1S/C22H25N5O2S/c1-27-13-16(21(28)24-12-18-3-2-10-30-18)4-6-17(14-27)25-22(29)20-7-5-15-11-23-9-8-19(15)26-20/h2-3,5,7-11,16-17H,4,6,12-14H2,1H3,(H,24,28)(H,25,29)/t16-,17+/m1/s1. The second kappa shape index (κ2) is 9.32. The Morgan fingerprint density at radius 1 is 1.20 bits per heavy atom. The zero-order valence-electron chi connectivity index (χ0n) is 16.9. The number of rotatable bonds is 5. The molecule has 2 N–H and O–H groups in total. The number of amides is 2. The van der Waals surface area contributed by atoms with Crippen molar-refractivity contribution in [2.24, 2.45) is 5.92 Å². The molecule has 1 aliphatic heterocycles. The lowest BCUT2D eigenvalue weighted by Crippen LogP contribution is -2.42. The molecular weight excluding hydrogens is 398 g/mol. The fourth-order valence-corrected chi connectivity index (χ4v) is 4.47. The zero-order chi connectivity index (χ0) is 20.9. The molecule has 1 fully saturated rings. The minimum Gasteiger partial charge on any atom is -0.351 e. The molecule has 4 heterocycles. The number of hydrogen-bond acceptors (Lipinski definition) is 6. The van der Waals surface area contributed by atoms with Crippen molar-refractivity contribution in [1.29, 1.82) is 0 Å². The molecule has 0 radical (unpaired) electrons. The third-order valence-electron chi connectivity index (χ3n) is 5.37. The van der Waals surface area contributed by atoms with Crippen LogP contribution in [0.3, 0.4) is 0 Å². The summed E-state index contributed by atoms with van der Waals surface area (Å²) in [5.74, 6) is -0.192. The first-order valence-electron chi connectivity index (χ1n) is 10.1. The lowest BCUT2D eigenvalue weighted by atomic mass is 10.0. The van der Waals surface area contributed by atoms with Gasteiger partial charge in [0.25, 0.3) is 5.91 Å². The predicted molar refractivity (Wildman–Crippen MR) is 117 cm³/mol. The van der Waals surface area contributed by atoms with Gasteiger partial charge in [0.15, 0.2) is 0 Å². The molecule has 2 amide bonds. The number of nitrogens with zero attached hydrogens (tertiary/aromatic N) is 3. The number of aromatic nitrogens is 2. The van der Waals surface area contributed by atoms with Crippen molar-refractivity contribution in [3.8, 4) is 0 Å². The van der Waals surface area contributed by atoms with E-state index in [2.05, 4.69) is 25.5 Å². The van der Waals surface area contributed by atoms with Crippen LogP contribution in [0.1, 0.15) is 28.2 Å². The Kier molecular flexibility index (Phi) is 6.35. The Morgan fingerprint density at radius 3 is 2.93 bits per heavy atom. The Balaban J connectivity index is 1.34. The molecule has 2 atom stereocenters. The highest BCUT2D eigenvalue weighted by Crippen LogP contribution is 2.18. The summed E-state index contributed by atoms with van der Waals surface area (Å²) in [6, 6.07) is 9.36. The van der Waals surface area contributed by atoms with E-state index in [-0.39, 0.29) is 23.8 Å². The topological polar surface area (TPSA) is 87.2 Å². The van der Waals surface area contributed by atoms with Gasteiger partial charge in [-0.05, 0) is 49.5 Å². The van der Waals surface area contributed by atoms with Gasteiger partial charge in [0.05, 0.1) is 18.0 Å². The van der Waals surface area contributed by atoms with Crippen molar-refractivity contribution < 1.29 is 9.59 Å². The number of pyridine rings is 2. The highest BCUT2D eigenvalue weighted by molar-refractivity contribution is 7.09. The minimum absolute atomic E-state index is 0.0208. The second-order valence-electron chi connectivity index (χ2n) is 7.73. The molecule has 4 rings (SSSR count). The van der Waals surface area contributed by atoms with Crippen LogP contribution < -0.4 is 10.6 Å². The number of nitrogens with one attached hydrogen (secondary N) is 2. The van der Waals surface area contributed by atoms with Gasteiger partial charge in [-0.2, -0.15) is 0 Å². The number of likely N-dealkylation sites (N-methyl/N-ethyl adjacent to an activating group) is 1. The van der Waals surface area contributed by atoms with E-state index in [4.69, 9.17) is 0 Å². The molecule has 0 spiro atoms. The Labute approximate surface area is 179 Å². The smallest absolute Gasteiger partial charge is 0.270 e. The van der Waals surface area contributed by atoms with E-state index < -0.39 is 0 Å². The predicted octanol–water partition coefficient (Wildman–Crippen LogP) is 2.45. The lowest BCUT2D eigenvalue weighted by molar-refractivity contribution is -0.125.